The summed E-state index contributed by atoms with van der Waals surface area (Å²) in [5, 5.41) is 0. The lowest BCUT2D eigenvalue weighted by Crippen LogP contribution is -2.35. The van der Waals surface area contributed by atoms with Crippen LogP contribution in [0.15, 0.2) is 12.1 Å². The Morgan fingerprint density at radius 3 is 1.75 bits per heavy atom. The van der Waals surface area contributed by atoms with Crippen LogP contribution in [-0.4, -0.2) is 6.18 Å². The zero-order valence-corrected chi connectivity index (χ0v) is 7.18. The van der Waals surface area contributed by atoms with Gasteiger partial charge < -0.3 is 0 Å². The third-order valence-corrected chi connectivity index (χ3v) is 1.69. The first-order valence-electron chi connectivity index (χ1n) is 3.67. The van der Waals surface area contributed by atoms with Gasteiger partial charge in [-0.05, 0) is 6.07 Å². The van der Waals surface area contributed by atoms with Crippen LogP contribution in [-0.2, 0) is 5.92 Å². The number of benzene rings is 1. The van der Waals surface area contributed by atoms with Crippen molar-refractivity contribution in [3.63, 3.8) is 0 Å². The monoisotopic (exact) mass is 250 g/mol. The number of hydrogen-bond acceptors (Lipinski definition) is 0. The second kappa shape index (κ2) is 3.60. The van der Waals surface area contributed by atoms with E-state index >= 15 is 0 Å². The zero-order chi connectivity index (χ0) is 12.7. The Morgan fingerprint density at radius 2 is 1.31 bits per heavy atom. The van der Waals surface area contributed by atoms with Crippen molar-refractivity contribution in [2.24, 2.45) is 0 Å². The van der Waals surface area contributed by atoms with E-state index in [0.717, 1.165) is 0 Å². The van der Waals surface area contributed by atoms with Crippen LogP contribution >= 0.6 is 0 Å². The van der Waals surface area contributed by atoms with Crippen molar-refractivity contribution in [2.75, 3.05) is 0 Å². The Kier molecular flexibility index (Phi) is 2.86. The van der Waals surface area contributed by atoms with E-state index in [-0.39, 0.29) is 6.07 Å². The van der Waals surface area contributed by atoms with Crippen molar-refractivity contribution in [3.8, 4) is 0 Å². The molecule has 0 aliphatic heterocycles. The molecule has 0 amide bonds. The van der Waals surface area contributed by atoms with Gasteiger partial charge in [0, 0.05) is 6.07 Å². The Hall–Kier alpha value is -1.34. The second-order valence-electron chi connectivity index (χ2n) is 2.82. The van der Waals surface area contributed by atoms with Gasteiger partial charge in [-0.1, -0.05) is 0 Å². The highest BCUT2D eigenvalue weighted by atomic mass is 19.4. The standard InChI is InChI=1S/C8H2F8/c9-3-1-4(6(11)5(10)2-3)7(12,13)8(14,15)16/h1-2H. The quantitative estimate of drug-likeness (QED) is 0.526. The third kappa shape index (κ3) is 1.96. The summed E-state index contributed by atoms with van der Waals surface area (Å²) in [6, 6.07) is -0.531. The maximum absolute atomic E-state index is 12.7. The fraction of sp³-hybridized carbons (Fsp3) is 0.250. The average Bonchev–Trinajstić information content (AvgIpc) is 2.09. The lowest BCUT2D eigenvalue weighted by Gasteiger charge is -2.20. The maximum atomic E-state index is 12.7. The van der Waals surface area contributed by atoms with E-state index in [2.05, 4.69) is 0 Å². The number of hydrogen-bond donors (Lipinski definition) is 0. The molecule has 0 nitrogen and oxygen atoms in total. The van der Waals surface area contributed by atoms with Gasteiger partial charge in [-0.3, -0.25) is 0 Å². The third-order valence-electron chi connectivity index (χ3n) is 1.69. The molecule has 0 spiro atoms. The highest BCUT2D eigenvalue weighted by Gasteiger charge is 2.60. The summed E-state index contributed by atoms with van der Waals surface area (Å²) in [4.78, 5) is 0. The van der Waals surface area contributed by atoms with Crippen molar-refractivity contribution >= 4 is 0 Å². The van der Waals surface area contributed by atoms with Gasteiger partial charge in [0.1, 0.15) is 5.82 Å². The molecule has 0 saturated heterocycles. The SMILES string of the molecule is Fc1cc(F)c(F)c(C(F)(F)C(F)(F)F)c1. The van der Waals surface area contributed by atoms with Crippen molar-refractivity contribution in [1.29, 1.82) is 0 Å². The molecule has 0 fully saturated rings. The molecule has 8 heteroatoms. The Balaban J connectivity index is 3.44. The lowest BCUT2D eigenvalue weighted by atomic mass is 10.1. The molecule has 1 rings (SSSR count). The summed E-state index contributed by atoms with van der Waals surface area (Å²) >= 11 is 0. The molecular weight excluding hydrogens is 248 g/mol. The molecule has 0 unspecified atom stereocenters. The summed E-state index contributed by atoms with van der Waals surface area (Å²) in [5.74, 6) is -11.9. The molecule has 0 N–H and O–H groups in total. The molecule has 0 bridgehead atoms. The summed E-state index contributed by atoms with van der Waals surface area (Å²) in [6.07, 6.45) is -6.13. The van der Waals surface area contributed by atoms with Gasteiger partial charge >= 0.3 is 12.1 Å². The molecule has 0 saturated carbocycles. The van der Waals surface area contributed by atoms with Crippen LogP contribution in [0.3, 0.4) is 0 Å². The lowest BCUT2D eigenvalue weighted by molar-refractivity contribution is -0.290. The van der Waals surface area contributed by atoms with Crippen LogP contribution in [0.25, 0.3) is 0 Å². The molecule has 0 aliphatic carbocycles. The topological polar surface area (TPSA) is 0 Å². The van der Waals surface area contributed by atoms with Gasteiger partial charge in [0.15, 0.2) is 11.6 Å². The number of alkyl halides is 5. The molecule has 0 aliphatic rings. The average molecular weight is 250 g/mol. The van der Waals surface area contributed by atoms with Crippen LogP contribution in [0.2, 0.25) is 0 Å². The van der Waals surface area contributed by atoms with Gasteiger partial charge in [0.05, 0.1) is 5.56 Å². The zero-order valence-electron chi connectivity index (χ0n) is 7.18. The van der Waals surface area contributed by atoms with Crippen molar-refractivity contribution in [1.82, 2.24) is 0 Å². The van der Waals surface area contributed by atoms with Gasteiger partial charge in [0.2, 0.25) is 0 Å². The van der Waals surface area contributed by atoms with Gasteiger partial charge in [-0.25, -0.2) is 13.2 Å². The molecule has 0 heterocycles. The van der Waals surface area contributed by atoms with Crippen LogP contribution in [0.4, 0.5) is 35.1 Å². The van der Waals surface area contributed by atoms with E-state index in [1.807, 2.05) is 0 Å². The predicted molar refractivity (Wildman–Crippen MR) is 36.3 cm³/mol. The Morgan fingerprint density at radius 1 is 0.812 bits per heavy atom. The highest BCUT2D eigenvalue weighted by molar-refractivity contribution is 5.26. The van der Waals surface area contributed by atoms with E-state index in [0.29, 0.717) is 0 Å². The minimum atomic E-state index is -6.13. The maximum Gasteiger partial charge on any atom is 0.458 e. The molecule has 1 aromatic rings. The fourth-order valence-corrected chi connectivity index (χ4v) is 0.937. The van der Waals surface area contributed by atoms with Gasteiger partial charge in [-0.15, -0.1) is 0 Å². The first kappa shape index (κ1) is 12.7. The summed E-state index contributed by atoms with van der Waals surface area (Å²) in [7, 11) is 0. The van der Waals surface area contributed by atoms with Gasteiger partial charge in [0.25, 0.3) is 0 Å². The van der Waals surface area contributed by atoms with E-state index in [9.17, 15) is 35.1 Å². The number of rotatable bonds is 1. The van der Waals surface area contributed by atoms with Crippen LogP contribution in [0, 0.1) is 17.5 Å². The fourth-order valence-electron chi connectivity index (χ4n) is 0.937. The van der Waals surface area contributed by atoms with E-state index in [1.165, 1.54) is 0 Å². The van der Waals surface area contributed by atoms with Crippen LogP contribution < -0.4 is 0 Å². The highest BCUT2D eigenvalue weighted by Crippen LogP contribution is 2.45. The summed E-state index contributed by atoms with van der Waals surface area (Å²) in [6.45, 7) is 0. The van der Waals surface area contributed by atoms with E-state index < -0.39 is 41.2 Å². The summed E-state index contributed by atoms with van der Waals surface area (Å²) in [5.41, 5.74) is -2.38. The van der Waals surface area contributed by atoms with E-state index in [1.54, 1.807) is 0 Å². The normalized spacial score (nSPS) is 13.0. The molecule has 0 radical (unpaired) electrons. The van der Waals surface area contributed by atoms with Crippen LogP contribution in [0.1, 0.15) is 5.56 Å². The van der Waals surface area contributed by atoms with Gasteiger partial charge in [-0.2, -0.15) is 22.0 Å². The molecule has 16 heavy (non-hydrogen) atoms. The largest absolute Gasteiger partial charge is 0.458 e. The van der Waals surface area contributed by atoms with Crippen molar-refractivity contribution < 1.29 is 35.1 Å². The molecule has 0 atom stereocenters. The van der Waals surface area contributed by atoms with Crippen molar-refractivity contribution in [2.45, 2.75) is 12.1 Å². The molecule has 90 valence electrons. The van der Waals surface area contributed by atoms with Crippen molar-refractivity contribution in [3.05, 3.63) is 35.1 Å². The molecule has 1 aromatic carbocycles. The molecule has 0 aromatic heterocycles. The Labute approximate surface area is 83.5 Å². The first-order chi connectivity index (χ1) is 7.07. The first-order valence-corrected chi connectivity index (χ1v) is 3.67. The predicted octanol–water partition coefficient (Wildman–Crippen LogP) is 3.76. The van der Waals surface area contributed by atoms with Crippen LogP contribution in [0.5, 0.6) is 0 Å². The molecular formula is C8H2F8. The smallest absolute Gasteiger partial charge is 0.207 e. The number of halogens is 8. The minimum Gasteiger partial charge on any atom is -0.207 e. The minimum absolute atomic E-state index is 0.134. The summed E-state index contributed by atoms with van der Waals surface area (Å²) < 4.78 is 98.1. The second-order valence-corrected chi connectivity index (χ2v) is 2.82. The van der Waals surface area contributed by atoms with E-state index in [4.69, 9.17) is 0 Å². The Bertz CT molecular complexity index is 405.